The van der Waals surface area contributed by atoms with Gasteiger partial charge in [-0.1, -0.05) is 18.2 Å². The van der Waals surface area contributed by atoms with E-state index in [2.05, 4.69) is 5.32 Å². The number of Topliss-reactive ketones (excluding diaryl/α,β-unsaturated/α-hetero) is 1. The van der Waals surface area contributed by atoms with Gasteiger partial charge in [-0.25, -0.2) is 0 Å². The van der Waals surface area contributed by atoms with Gasteiger partial charge in [0, 0.05) is 12.1 Å². The van der Waals surface area contributed by atoms with E-state index in [9.17, 15) is 9.59 Å². The van der Waals surface area contributed by atoms with Crippen LogP contribution in [0.25, 0.3) is 0 Å². The van der Waals surface area contributed by atoms with E-state index < -0.39 is 5.41 Å². The number of nitrogens with one attached hydrogen (secondary N) is 1. The molecule has 1 aliphatic rings. The average molecular weight is 259 g/mol. The standard InChI is InChI=1S/C15H17NO3/c1-15(12(17)9-6-10-13(15)19-2)14(18)16-11-7-4-3-5-8-11/h3-5,7-8,10H,6,9H2,1-2H3,(H,16,18). The van der Waals surface area contributed by atoms with Gasteiger partial charge in [0.2, 0.25) is 5.91 Å². The third-order valence-electron chi connectivity index (χ3n) is 3.46. The van der Waals surface area contributed by atoms with Crippen LogP contribution < -0.4 is 5.32 Å². The van der Waals surface area contributed by atoms with Gasteiger partial charge in [-0.05, 0) is 31.6 Å². The number of allylic oxidation sites excluding steroid dienone is 1. The van der Waals surface area contributed by atoms with Gasteiger partial charge in [0.15, 0.2) is 11.2 Å². The Balaban J connectivity index is 2.27. The number of para-hydroxylation sites is 1. The Bertz CT molecular complexity index is 521. The quantitative estimate of drug-likeness (QED) is 0.849. The zero-order valence-electron chi connectivity index (χ0n) is 11.1. The maximum absolute atomic E-state index is 12.4. The highest BCUT2D eigenvalue weighted by atomic mass is 16.5. The number of hydrogen-bond donors (Lipinski definition) is 1. The normalized spacial score (nSPS) is 22.6. The van der Waals surface area contributed by atoms with Crippen LogP contribution in [0.15, 0.2) is 42.2 Å². The lowest BCUT2D eigenvalue weighted by Gasteiger charge is -2.31. The van der Waals surface area contributed by atoms with E-state index in [1.807, 2.05) is 24.3 Å². The van der Waals surface area contributed by atoms with Gasteiger partial charge in [0.05, 0.1) is 7.11 Å². The lowest BCUT2D eigenvalue weighted by molar-refractivity contribution is -0.138. The first-order valence-electron chi connectivity index (χ1n) is 6.23. The van der Waals surface area contributed by atoms with Crippen LogP contribution in [-0.2, 0) is 14.3 Å². The molecule has 1 atom stereocenters. The molecule has 1 unspecified atom stereocenters. The fourth-order valence-corrected chi connectivity index (χ4v) is 2.23. The van der Waals surface area contributed by atoms with Crippen LogP contribution in [0, 0.1) is 5.41 Å². The summed E-state index contributed by atoms with van der Waals surface area (Å²) in [6.45, 7) is 1.61. The van der Waals surface area contributed by atoms with E-state index in [0.717, 1.165) is 0 Å². The van der Waals surface area contributed by atoms with Crippen LogP contribution in [0.2, 0.25) is 0 Å². The number of amides is 1. The summed E-state index contributed by atoms with van der Waals surface area (Å²) < 4.78 is 5.22. The fourth-order valence-electron chi connectivity index (χ4n) is 2.23. The first kappa shape index (κ1) is 13.3. The van der Waals surface area contributed by atoms with Gasteiger partial charge in [0.1, 0.15) is 5.76 Å². The first-order chi connectivity index (χ1) is 9.09. The molecule has 0 saturated carbocycles. The largest absolute Gasteiger partial charge is 0.500 e. The van der Waals surface area contributed by atoms with Crippen molar-refractivity contribution in [3.05, 3.63) is 42.2 Å². The van der Waals surface area contributed by atoms with Crippen LogP contribution in [0.5, 0.6) is 0 Å². The third kappa shape index (κ3) is 2.38. The van der Waals surface area contributed by atoms with Crippen molar-refractivity contribution in [1.29, 1.82) is 0 Å². The Labute approximate surface area is 112 Å². The Hall–Kier alpha value is -2.10. The van der Waals surface area contributed by atoms with Gasteiger partial charge in [0.25, 0.3) is 0 Å². The molecule has 0 fully saturated rings. The molecule has 4 heteroatoms. The molecule has 1 aromatic rings. The number of carbonyl (C=O) groups excluding carboxylic acids is 2. The molecule has 1 N–H and O–H groups in total. The molecule has 0 heterocycles. The number of anilines is 1. The smallest absolute Gasteiger partial charge is 0.245 e. The van der Waals surface area contributed by atoms with Crippen molar-refractivity contribution in [3.63, 3.8) is 0 Å². The summed E-state index contributed by atoms with van der Waals surface area (Å²) in [5, 5.41) is 2.77. The Morgan fingerprint density at radius 3 is 2.63 bits per heavy atom. The van der Waals surface area contributed by atoms with Gasteiger partial charge in [-0.3, -0.25) is 9.59 Å². The number of methoxy groups -OCH3 is 1. The number of hydrogen-bond acceptors (Lipinski definition) is 3. The van der Waals surface area contributed by atoms with Crippen LogP contribution in [0.4, 0.5) is 5.69 Å². The highest BCUT2D eigenvalue weighted by molar-refractivity contribution is 6.13. The minimum atomic E-state index is -1.23. The van der Waals surface area contributed by atoms with E-state index >= 15 is 0 Å². The van der Waals surface area contributed by atoms with Crippen LogP contribution in [0.3, 0.4) is 0 Å². The third-order valence-corrected chi connectivity index (χ3v) is 3.46. The molecule has 0 aromatic heterocycles. The number of rotatable bonds is 3. The second-order valence-electron chi connectivity index (χ2n) is 4.68. The van der Waals surface area contributed by atoms with Crippen LogP contribution in [-0.4, -0.2) is 18.8 Å². The van der Waals surface area contributed by atoms with Crippen molar-refractivity contribution in [2.24, 2.45) is 5.41 Å². The molecule has 0 aliphatic heterocycles. The average Bonchev–Trinajstić information content (AvgIpc) is 2.43. The summed E-state index contributed by atoms with van der Waals surface area (Å²) in [7, 11) is 1.48. The van der Waals surface area contributed by atoms with Gasteiger partial charge in [-0.15, -0.1) is 0 Å². The molecule has 4 nitrogen and oxygen atoms in total. The molecule has 1 aromatic carbocycles. The number of carbonyl (C=O) groups is 2. The SMILES string of the molecule is COC1=CCCC(=O)C1(C)C(=O)Nc1ccccc1. The Kier molecular flexibility index (Phi) is 3.69. The second kappa shape index (κ2) is 5.26. The summed E-state index contributed by atoms with van der Waals surface area (Å²) in [5.41, 5.74) is -0.564. The number of benzene rings is 1. The molecular formula is C15H17NO3. The topological polar surface area (TPSA) is 55.4 Å². The highest BCUT2D eigenvalue weighted by Gasteiger charge is 2.46. The van der Waals surface area contributed by atoms with E-state index in [-0.39, 0.29) is 11.7 Å². The van der Waals surface area contributed by atoms with Crippen molar-refractivity contribution >= 4 is 17.4 Å². The molecule has 0 bridgehead atoms. The molecule has 19 heavy (non-hydrogen) atoms. The van der Waals surface area contributed by atoms with Gasteiger partial charge >= 0.3 is 0 Å². The first-order valence-corrected chi connectivity index (χ1v) is 6.23. The lowest BCUT2D eigenvalue weighted by atomic mass is 9.76. The van der Waals surface area contributed by atoms with Gasteiger partial charge in [-0.2, -0.15) is 0 Å². The molecule has 1 aliphatic carbocycles. The molecule has 2 rings (SSSR count). The van der Waals surface area contributed by atoms with Crippen LogP contribution >= 0.6 is 0 Å². The maximum Gasteiger partial charge on any atom is 0.245 e. The molecule has 1 amide bonds. The van der Waals surface area contributed by atoms with E-state index in [1.54, 1.807) is 19.1 Å². The number of ether oxygens (including phenoxy) is 1. The monoisotopic (exact) mass is 259 g/mol. The maximum atomic E-state index is 12.4. The van der Waals surface area contributed by atoms with E-state index in [1.165, 1.54) is 7.11 Å². The van der Waals surface area contributed by atoms with Crippen molar-refractivity contribution in [2.75, 3.05) is 12.4 Å². The Morgan fingerprint density at radius 1 is 1.32 bits per heavy atom. The van der Waals surface area contributed by atoms with Crippen molar-refractivity contribution < 1.29 is 14.3 Å². The molecule has 0 radical (unpaired) electrons. The molecule has 0 spiro atoms. The second-order valence-corrected chi connectivity index (χ2v) is 4.68. The predicted octanol–water partition coefficient (Wildman–Crippen LogP) is 2.52. The van der Waals surface area contributed by atoms with E-state index in [4.69, 9.17) is 4.74 Å². The van der Waals surface area contributed by atoms with E-state index in [0.29, 0.717) is 24.3 Å². The van der Waals surface area contributed by atoms with Crippen LogP contribution in [0.1, 0.15) is 19.8 Å². The summed E-state index contributed by atoms with van der Waals surface area (Å²) in [4.78, 5) is 24.6. The summed E-state index contributed by atoms with van der Waals surface area (Å²) >= 11 is 0. The van der Waals surface area contributed by atoms with Crippen molar-refractivity contribution in [1.82, 2.24) is 0 Å². The van der Waals surface area contributed by atoms with Gasteiger partial charge < -0.3 is 10.1 Å². The lowest BCUT2D eigenvalue weighted by Crippen LogP contribution is -2.44. The molecule has 0 saturated heterocycles. The summed E-state index contributed by atoms with van der Waals surface area (Å²) in [6.07, 6.45) is 2.80. The molecular weight excluding hydrogens is 242 g/mol. The predicted molar refractivity (Wildman–Crippen MR) is 72.5 cm³/mol. The summed E-state index contributed by atoms with van der Waals surface area (Å²) in [6, 6.07) is 9.08. The fraction of sp³-hybridized carbons (Fsp3) is 0.333. The minimum absolute atomic E-state index is 0.111. The summed E-state index contributed by atoms with van der Waals surface area (Å²) in [5.74, 6) is -0.0334. The van der Waals surface area contributed by atoms with Crippen molar-refractivity contribution in [2.45, 2.75) is 19.8 Å². The highest BCUT2D eigenvalue weighted by Crippen LogP contribution is 2.35. The number of ketones is 1. The zero-order chi connectivity index (χ0) is 13.9. The molecule has 100 valence electrons. The van der Waals surface area contributed by atoms with Crippen molar-refractivity contribution in [3.8, 4) is 0 Å². The Morgan fingerprint density at radius 2 is 2.00 bits per heavy atom. The zero-order valence-corrected chi connectivity index (χ0v) is 11.1. The minimum Gasteiger partial charge on any atom is -0.500 e.